The van der Waals surface area contributed by atoms with Gasteiger partial charge in [0, 0.05) is 12.6 Å². The summed E-state index contributed by atoms with van der Waals surface area (Å²) in [6.45, 7) is 2.17. The monoisotopic (exact) mass is 231 g/mol. The van der Waals surface area contributed by atoms with E-state index in [1.807, 2.05) is 0 Å². The lowest BCUT2D eigenvalue weighted by Gasteiger charge is -2.08. The van der Waals surface area contributed by atoms with Crippen LogP contribution in [0.4, 0.5) is 23.7 Å². The molecule has 0 aromatic heterocycles. The molecule has 0 spiro atoms. The molecule has 3 nitrogen and oxygen atoms in total. The molecule has 0 aliphatic rings. The molecule has 0 atom stereocenters. The highest BCUT2D eigenvalue weighted by molar-refractivity contribution is 5.88. The minimum Gasteiger partial charge on any atom is -0.338 e. The van der Waals surface area contributed by atoms with E-state index in [4.69, 9.17) is 0 Å². The predicted octanol–water partition coefficient (Wildman–Crippen LogP) is 2.65. The normalized spacial score (nSPS) is 11.0. The topological polar surface area (TPSA) is 41.1 Å². The Hall–Kier alpha value is -1.72. The number of carbonyl (C=O) groups is 1. The summed E-state index contributed by atoms with van der Waals surface area (Å²) in [6, 6.07) is 4.70. The number of rotatable bonds is 2. The first-order chi connectivity index (χ1) is 7.43. The first-order valence-corrected chi connectivity index (χ1v) is 4.57. The number of hydrogen-bond donors (Lipinski definition) is 2. The molecule has 0 aliphatic carbocycles. The fourth-order valence-corrected chi connectivity index (χ4v) is 1.01. The standard InChI is InChI=1S/C10H10F3N2O/c1-2-14-9(16)15-8-5-3-7(4-6-8)10(11,12)13/h3-5H,2H2,1H3,(H2,14,15,16). The summed E-state index contributed by atoms with van der Waals surface area (Å²) >= 11 is 0. The highest BCUT2D eigenvalue weighted by Gasteiger charge is 2.30. The van der Waals surface area contributed by atoms with Crippen LogP contribution in [0, 0.1) is 6.07 Å². The van der Waals surface area contributed by atoms with Crippen molar-refractivity contribution in [2.45, 2.75) is 13.1 Å². The van der Waals surface area contributed by atoms with Crippen molar-refractivity contribution >= 4 is 11.7 Å². The van der Waals surface area contributed by atoms with Crippen LogP contribution in [-0.2, 0) is 6.18 Å². The molecule has 1 rings (SSSR count). The highest BCUT2D eigenvalue weighted by Crippen LogP contribution is 2.29. The number of anilines is 1. The molecule has 6 heteroatoms. The van der Waals surface area contributed by atoms with Crippen molar-refractivity contribution in [3.63, 3.8) is 0 Å². The minimum absolute atomic E-state index is 0.193. The second-order valence-corrected chi connectivity index (χ2v) is 2.97. The van der Waals surface area contributed by atoms with E-state index >= 15 is 0 Å². The number of benzene rings is 1. The van der Waals surface area contributed by atoms with E-state index in [1.165, 1.54) is 0 Å². The Kier molecular flexibility index (Phi) is 3.76. The lowest BCUT2D eigenvalue weighted by atomic mass is 10.2. The summed E-state index contributed by atoms with van der Waals surface area (Å²) in [7, 11) is 0. The number of hydrogen-bond acceptors (Lipinski definition) is 1. The Balaban J connectivity index is 2.69. The van der Waals surface area contributed by atoms with E-state index in [9.17, 15) is 18.0 Å². The zero-order chi connectivity index (χ0) is 12.2. The van der Waals surface area contributed by atoms with Crippen LogP contribution >= 0.6 is 0 Å². The van der Waals surface area contributed by atoms with Gasteiger partial charge in [-0.2, -0.15) is 13.2 Å². The number of carbonyl (C=O) groups excluding carboxylic acids is 1. The van der Waals surface area contributed by atoms with Crippen molar-refractivity contribution in [1.82, 2.24) is 5.32 Å². The smallest absolute Gasteiger partial charge is 0.338 e. The van der Waals surface area contributed by atoms with Crippen molar-refractivity contribution in [3.05, 3.63) is 29.8 Å². The van der Waals surface area contributed by atoms with Gasteiger partial charge in [0.2, 0.25) is 0 Å². The van der Waals surface area contributed by atoms with Gasteiger partial charge in [0.1, 0.15) is 0 Å². The quantitative estimate of drug-likeness (QED) is 0.807. The number of halogens is 3. The summed E-state index contributed by atoms with van der Waals surface area (Å²) in [5.41, 5.74) is -0.604. The second-order valence-electron chi connectivity index (χ2n) is 2.97. The average molecular weight is 231 g/mol. The third kappa shape index (κ3) is 3.45. The SMILES string of the molecule is CCNC(=O)Nc1[c]cc(C(F)(F)F)cc1. The first kappa shape index (κ1) is 12.4. The van der Waals surface area contributed by atoms with Gasteiger partial charge in [-0.15, -0.1) is 0 Å². The van der Waals surface area contributed by atoms with Gasteiger partial charge >= 0.3 is 12.2 Å². The zero-order valence-electron chi connectivity index (χ0n) is 8.48. The van der Waals surface area contributed by atoms with E-state index in [-0.39, 0.29) is 5.69 Å². The predicted molar refractivity (Wildman–Crippen MR) is 53.0 cm³/mol. The minimum atomic E-state index is -4.39. The molecule has 1 aromatic carbocycles. The number of nitrogens with one attached hydrogen (secondary N) is 2. The van der Waals surface area contributed by atoms with Crippen LogP contribution in [0.1, 0.15) is 12.5 Å². The maximum absolute atomic E-state index is 12.2. The molecule has 16 heavy (non-hydrogen) atoms. The molecule has 0 fully saturated rings. The Morgan fingerprint density at radius 3 is 2.56 bits per heavy atom. The molecule has 0 aliphatic heterocycles. The summed E-state index contributed by atoms with van der Waals surface area (Å²) in [5, 5.41) is 4.80. The number of amides is 2. The van der Waals surface area contributed by atoms with Crippen LogP contribution in [0.25, 0.3) is 0 Å². The Bertz CT molecular complexity index is 359. The molecule has 2 N–H and O–H groups in total. The third-order valence-corrected chi connectivity index (χ3v) is 1.73. The van der Waals surface area contributed by atoms with Gasteiger partial charge in [-0.05, 0) is 25.1 Å². The van der Waals surface area contributed by atoms with Crippen molar-refractivity contribution in [1.29, 1.82) is 0 Å². The van der Waals surface area contributed by atoms with Crippen molar-refractivity contribution in [2.24, 2.45) is 0 Å². The van der Waals surface area contributed by atoms with E-state index < -0.39 is 17.8 Å². The van der Waals surface area contributed by atoms with E-state index in [2.05, 4.69) is 16.7 Å². The van der Waals surface area contributed by atoms with Crippen LogP contribution in [0.5, 0.6) is 0 Å². The maximum Gasteiger partial charge on any atom is 0.416 e. The van der Waals surface area contributed by atoms with Crippen LogP contribution in [0.15, 0.2) is 18.2 Å². The molecule has 0 bridgehead atoms. The Morgan fingerprint density at radius 2 is 2.12 bits per heavy atom. The van der Waals surface area contributed by atoms with Crippen molar-refractivity contribution in [2.75, 3.05) is 11.9 Å². The maximum atomic E-state index is 12.2. The van der Waals surface area contributed by atoms with Crippen molar-refractivity contribution < 1.29 is 18.0 Å². The molecule has 87 valence electrons. The largest absolute Gasteiger partial charge is 0.416 e. The van der Waals surface area contributed by atoms with Crippen LogP contribution in [0.2, 0.25) is 0 Å². The van der Waals surface area contributed by atoms with E-state index in [0.29, 0.717) is 6.54 Å². The molecule has 0 saturated carbocycles. The van der Waals surface area contributed by atoms with Gasteiger partial charge in [-0.25, -0.2) is 4.79 Å². The van der Waals surface area contributed by atoms with Gasteiger partial charge in [-0.1, -0.05) is 0 Å². The molecule has 0 heterocycles. The van der Waals surface area contributed by atoms with Gasteiger partial charge in [-0.3, -0.25) is 0 Å². The molecule has 1 aromatic rings. The van der Waals surface area contributed by atoms with Crippen molar-refractivity contribution in [3.8, 4) is 0 Å². The first-order valence-electron chi connectivity index (χ1n) is 4.57. The summed E-state index contributed by atoms with van der Waals surface area (Å²) in [6.07, 6.45) is -4.39. The van der Waals surface area contributed by atoms with Gasteiger partial charge in [0.05, 0.1) is 11.3 Å². The van der Waals surface area contributed by atoms with Gasteiger partial charge < -0.3 is 10.6 Å². The van der Waals surface area contributed by atoms with Gasteiger partial charge in [0.15, 0.2) is 0 Å². The molecular weight excluding hydrogens is 221 g/mol. The van der Waals surface area contributed by atoms with Crippen LogP contribution < -0.4 is 10.6 Å². The molecule has 0 saturated heterocycles. The fraction of sp³-hybridized carbons (Fsp3) is 0.300. The zero-order valence-corrected chi connectivity index (χ0v) is 8.48. The number of urea groups is 1. The van der Waals surface area contributed by atoms with E-state index in [1.54, 1.807) is 6.92 Å². The van der Waals surface area contributed by atoms with E-state index in [0.717, 1.165) is 18.2 Å². The Morgan fingerprint density at radius 1 is 1.44 bits per heavy atom. The molecule has 0 unspecified atom stereocenters. The van der Waals surface area contributed by atoms with Gasteiger partial charge in [0.25, 0.3) is 0 Å². The molecule has 1 radical (unpaired) electrons. The average Bonchev–Trinajstić information content (AvgIpc) is 2.17. The van der Waals surface area contributed by atoms with Crippen LogP contribution in [-0.4, -0.2) is 12.6 Å². The molecular formula is C10H10F3N2O. The Labute approximate surface area is 90.6 Å². The summed E-state index contributed by atoms with van der Waals surface area (Å²) in [4.78, 5) is 11.0. The summed E-state index contributed by atoms with van der Waals surface area (Å²) < 4.78 is 36.5. The molecule has 2 amide bonds. The van der Waals surface area contributed by atoms with Crippen LogP contribution in [0.3, 0.4) is 0 Å². The third-order valence-electron chi connectivity index (χ3n) is 1.73. The fourth-order valence-electron chi connectivity index (χ4n) is 1.01. The number of alkyl halides is 3. The summed E-state index contributed by atoms with van der Waals surface area (Å²) in [5.74, 6) is 0. The highest BCUT2D eigenvalue weighted by atomic mass is 19.4. The lowest BCUT2D eigenvalue weighted by molar-refractivity contribution is -0.137. The lowest BCUT2D eigenvalue weighted by Crippen LogP contribution is -2.28. The second kappa shape index (κ2) is 4.87.